The van der Waals surface area contributed by atoms with Gasteiger partial charge in [-0.05, 0) is 15.9 Å². The number of hydrogen-bond acceptors (Lipinski definition) is 4. The molecule has 1 aromatic carbocycles. The van der Waals surface area contributed by atoms with Crippen LogP contribution in [0.1, 0.15) is 0 Å². The third kappa shape index (κ3) is 2.73. The van der Waals surface area contributed by atoms with Crippen LogP contribution in [0.2, 0.25) is 0 Å². The number of ether oxygens (including phenoxy) is 1. The van der Waals surface area contributed by atoms with Gasteiger partial charge in [0.2, 0.25) is 5.88 Å². The van der Waals surface area contributed by atoms with Gasteiger partial charge in [-0.3, -0.25) is 0 Å². The molecule has 0 saturated carbocycles. The van der Waals surface area contributed by atoms with Gasteiger partial charge in [0, 0.05) is 25.2 Å². The molecule has 0 aliphatic heterocycles. The van der Waals surface area contributed by atoms with Crippen LogP contribution >= 0.6 is 15.9 Å². The van der Waals surface area contributed by atoms with Gasteiger partial charge in [-0.1, -0.05) is 0 Å². The molecule has 2 rings (SSSR count). The predicted octanol–water partition coefficient (Wildman–Crippen LogP) is 3.35. The van der Waals surface area contributed by atoms with Crippen molar-refractivity contribution < 1.29 is 13.5 Å². The molecule has 0 radical (unpaired) electrons. The molecule has 1 N–H and O–H groups in total. The maximum absolute atomic E-state index is 13.0. The summed E-state index contributed by atoms with van der Waals surface area (Å²) in [6.07, 6.45) is 1.28. The minimum atomic E-state index is -0.719. The standard InChI is InChI=1S/C11H8BrF2N3O/c1-15-10-9(12)11(17-5-16-10)18-8-3-6(13)2-7(14)4-8/h2-5H,1H3,(H,15,16,17). The quantitative estimate of drug-likeness (QED) is 0.943. The minimum Gasteiger partial charge on any atom is -0.437 e. The van der Waals surface area contributed by atoms with E-state index in [4.69, 9.17) is 4.74 Å². The van der Waals surface area contributed by atoms with Crippen LogP contribution in [0, 0.1) is 11.6 Å². The first-order valence-corrected chi connectivity index (χ1v) is 5.71. The van der Waals surface area contributed by atoms with Crippen molar-refractivity contribution in [3.63, 3.8) is 0 Å². The topological polar surface area (TPSA) is 47.0 Å². The molecule has 18 heavy (non-hydrogen) atoms. The average molecular weight is 316 g/mol. The molecule has 0 aliphatic rings. The Morgan fingerprint density at radius 1 is 1.17 bits per heavy atom. The fraction of sp³-hybridized carbons (Fsp3) is 0.0909. The molecule has 0 atom stereocenters. The third-order valence-electron chi connectivity index (χ3n) is 2.04. The summed E-state index contributed by atoms with van der Waals surface area (Å²) in [6, 6.07) is 2.90. The summed E-state index contributed by atoms with van der Waals surface area (Å²) >= 11 is 3.24. The van der Waals surface area contributed by atoms with Crippen LogP contribution in [0.15, 0.2) is 29.0 Å². The van der Waals surface area contributed by atoms with E-state index in [0.717, 1.165) is 18.2 Å². The van der Waals surface area contributed by atoms with Gasteiger partial charge in [-0.15, -0.1) is 0 Å². The molecule has 0 amide bonds. The van der Waals surface area contributed by atoms with E-state index in [1.54, 1.807) is 7.05 Å². The number of aromatic nitrogens is 2. The summed E-state index contributed by atoms with van der Waals surface area (Å²) < 4.78 is 31.8. The molecule has 94 valence electrons. The van der Waals surface area contributed by atoms with Crippen molar-refractivity contribution in [3.8, 4) is 11.6 Å². The molecule has 7 heteroatoms. The molecular weight excluding hydrogens is 308 g/mol. The predicted molar refractivity (Wildman–Crippen MR) is 65.7 cm³/mol. The third-order valence-corrected chi connectivity index (χ3v) is 2.76. The maximum atomic E-state index is 13.0. The monoisotopic (exact) mass is 315 g/mol. The fourth-order valence-electron chi connectivity index (χ4n) is 1.30. The largest absolute Gasteiger partial charge is 0.437 e. The van der Waals surface area contributed by atoms with Gasteiger partial charge in [0.1, 0.15) is 34.0 Å². The minimum absolute atomic E-state index is 0.0222. The van der Waals surface area contributed by atoms with Gasteiger partial charge in [0.25, 0.3) is 0 Å². The molecular formula is C11H8BrF2N3O. The van der Waals surface area contributed by atoms with E-state index in [1.807, 2.05) is 0 Å². The average Bonchev–Trinajstić information content (AvgIpc) is 2.30. The van der Waals surface area contributed by atoms with Crippen molar-refractivity contribution in [2.45, 2.75) is 0 Å². The Morgan fingerprint density at radius 2 is 1.83 bits per heavy atom. The lowest BCUT2D eigenvalue weighted by Gasteiger charge is -2.09. The van der Waals surface area contributed by atoms with E-state index >= 15 is 0 Å². The number of rotatable bonds is 3. The Hall–Kier alpha value is -1.76. The van der Waals surface area contributed by atoms with E-state index in [2.05, 4.69) is 31.2 Å². The molecule has 2 aromatic rings. The number of hydrogen-bond donors (Lipinski definition) is 1. The number of halogens is 3. The summed E-state index contributed by atoms with van der Waals surface area (Å²) in [7, 11) is 1.68. The van der Waals surface area contributed by atoms with Crippen LogP contribution in [-0.4, -0.2) is 17.0 Å². The zero-order chi connectivity index (χ0) is 13.1. The second kappa shape index (κ2) is 5.26. The Morgan fingerprint density at radius 3 is 2.44 bits per heavy atom. The van der Waals surface area contributed by atoms with Gasteiger partial charge in [0.15, 0.2) is 0 Å². The van der Waals surface area contributed by atoms with E-state index in [9.17, 15) is 8.78 Å². The molecule has 0 saturated heterocycles. The highest BCUT2D eigenvalue weighted by molar-refractivity contribution is 9.10. The van der Waals surface area contributed by atoms with Crippen molar-refractivity contribution in [3.05, 3.63) is 40.6 Å². The fourth-order valence-corrected chi connectivity index (χ4v) is 1.78. The summed E-state index contributed by atoms with van der Waals surface area (Å²) in [5, 5.41) is 2.82. The first-order valence-electron chi connectivity index (χ1n) is 4.92. The molecule has 0 bridgehead atoms. The zero-order valence-corrected chi connectivity index (χ0v) is 10.8. The van der Waals surface area contributed by atoms with Crippen molar-refractivity contribution >= 4 is 21.7 Å². The lowest BCUT2D eigenvalue weighted by Crippen LogP contribution is -1.98. The van der Waals surface area contributed by atoms with Crippen LogP contribution in [0.5, 0.6) is 11.6 Å². The van der Waals surface area contributed by atoms with Crippen molar-refractivity contribution in [2.75, 3.05) is 12.4 Å². The van der Waals surface area contributed by atoms with Gasteiger partial charge < -0.3 is 10.1 Å². The Balaban J connectivity index is 2.34. The van der Waals surface area contributed by atoms with E-state index < -0.39 is 11.6 Å². The second-order valence-electron chi connectivity index (χ2n) is 3.30. The normalized spacial score (nSPS) is 10.2. The van der Waals surface area contributed by atoms with Crippen molar-refractivity contribution in [1.29, 1.82) is 0 Å². The molecule has 0 unspecified atom stereocenters. The van der Waals surface area contributed by atoms with Crippen LogP contribution in [0.3, 0.4) is 0 Å². The SMILES string of the molecule is CNc1ncnc(Oc2cc(F)cc(F)c2)c1Br. The summed E-state index contributed by atoms with van der Waals surface area (Å²) in [6.45, 7) is 0. The van der Waals surface area contributed by atoms with Crippen LogP contribution in [0.25, 0.3) is 0 Å². The lowest BCUT2D eigenvalue weighted by molar-refractivity contribution is 0.447. The zero-order valence-electron chi connectivity index (χ0n) is 9.25. The Kier molecular flexibility index (Phi) is 3.71. The Bertz CT molecular complexity index is 560. The highest BCUT2D eigenvalue weighted by Crippen LogP contribution is 2.31. The number of anilines is 1. The van der Waals surface area contributed by atoms with E-state index in [-0.39, 0.29) is 11.6 Å². The first-order chi connectivity index (χ1) is 8.60. The summed E-state index contributed by atoms with van der Waals surface area (Å²) in [5.74, 6) is -0.738. The maximum Gasteiger partial charge on any atom is 0.238 e. The molecule has 0 fully saturated rings. The second-order valence-corrected chi connectivity index (χ2v) is 4.09. The molecule has 0 spiro atoms. The molecule has 1 heterocycles. The van der Waals surface area contributed by atoms with E-state index in [0.29, 0.717) is 10.3 Å². The Labute approximate surface area is 110 Å². The smallest absolute Gasteiger partial charge is 0.238 e. The number of benzene rings is 1. The first kappa shape index (κ1) is 12.7. The van der Waals surface area contributed by atoms with Crippen LogP contribution in [-0.2, 0) is 0 Å². The number of nitrogens with zero attached hydrogens (tertiary/aromatic N) is 2. The van der Waals surface area contributed by atoms with E-state index in [1.165, 1.54) is 6.33 Å². The highest BCUT2D eigenvalue weighted by atomic mass is 79.9. The van der Waals surface area contributed by atoms with Crippen LogP contribution < -0.4 is 10.1 Å². The van der Waals surface area contributed by atoms with Gasteiger partial charge in [0.05, 0.1) is 0 Å². The van der Waals surface area contributed by atoms with Gasteiger partial charge in [-0.25, -0.2) is 18.7 Å². The van der Waals surface area contributed by atoms with Crippen molar-refractivity contribution in [2.24, 2.45) is 0 Å². The van der Waals surface area contributed by atoms with Gasteiger partial charge in [-0.2, -0.15) is 0 Å². The summed E-state index contributed by atoms with van der Waals surface area (Å²) in [5.41, 5.74) is 0. The molecule has 0 aliphatic carbocycles. The number of nitrogens with one attached hydrogen (secondary N) is 1. The summed E-state index contributed by atoms with van der Waals surface area (Å²) in [4.78, 5) is 7.81. The molecule has 4 nitrogen and oxygen atoms in total. The van der Waals surface area contributed by atoms with Crippen molar-refractivity contribution in [1.82, 2.24) is 9.97 Å². The van der Waals surface area contributed by atoms with Gasteiger partial charge >= 0.3 is 0 Å². The molecule has 1 aromatic heterocycles. The highest BCUT2D eigenvalue weighted by Gasteiger charge is 2.11. The lowest BCUT2D eigenvalue weighted by atomic mass is 10.3. The van der Waals surface area contributed by atoms with Crippen LogP contribution in [0.4, 0.5) is 14.6 Å².